The van der Waals surface area contributed by atoms with Gasteiger partial charge in [0.2, 0.25) is 0 Å². The van der Waals surface area contributed by atoms with Gasteiger partial charge in [-0.15, -0.1) is 0 Å². The summed E-state index contributed by atoms with van der Waals surface area (Å²) in [5.74, 6) is 1.80. The second-order valence-corrected chi connectivity index (χ2v) is 6.00. The van der Waals surface area contributed by atoms with E-state index < -0.39 is 0 Å². The lowest BCUT2D eigenvalue weighted by Crippen LogP contribution is -2.37. The molecule has 1 aliphatic carbocycles. The molecule has 1 N–H and O–H groups in total. The van der Waals surface area contributed by atoms with E-state index in [-0.39, 0.29) is 0 Å². The summed E-state index contributed by atoms with van der Waals surface area (Å²) in [5.41, 5.74) is 1.42. The molecule has 1 unspecified atom stereocenters. The average Bonchev–Trinajstić information content (AvgIpc) is 3.01. The number of likely N-dealkylation sites (N-methyl/N-ethyl adjacent to an activating group) is 1. The molecule has 0 aliphatic heterocycles. The van der Waals surface area contributed by atoms with Crippen molar-refractivity contribution in [2.75, 3.05) is 13.7 Å². The van der Waals surface area contributed by atoms with Crippen LogP contribution in [0.5, 0.6) is 5.75 Å². The molecule has 1 fully saturated rings. The number of benzene rings is 1. The Morgan fingerprint density at radius 3 is 2.50 bits per heavy atom. The van der Waals surface area contributed by atoms with Crippen LogP contribution in [0.2, 0.25) is 0 Å². The van der Waals surface area contributed by atoms with Crippen molar-refractivity contribution in [3.63, 3.8) is 0 Å². The van der Waals surface area contributed by atoms with Crippen LogP contribution in [-0.4, -0.2) is 19.7 Å². The Hall–Kier alpha value is -1.02. The van der Waals surface area contributed by atoms with E-state index in [0.717, 1.165) is 18.3 Å². The van der Waals surface area contributed by atoms with Gasteiger partial charge in [-0.25, -0.2) is 0 Å². The summed E-state index contributed by atoms with van der Waals surface area (Å²) in [7, 11) is 2.06. The van der Waals surface area contributed by atoms with Gasteiger partial charge in [0.1, 0.15) is 12.4 Å². The van der Waals surface area contributed by atoms with E-state index in [1.165, 1.54) is 50.5 Å². The van der Waals surface area contributed by atoms with Gasteiger partial charge >= 0.3 is 0 Å². The van der Waals surface area contributed by atoms with Gasteiger partial charge in [-0.2, -0.15) is 0 Å². The van der Waals surface area contributed by atoms with Crippen LogP contribution in [0.15, 0.2) is 24.3 Å². The van der Waals surface area contributed by atoms with Crippen molar-refractivity contribution in [1.82, 2.24) is 5.32 Å². The van der Waals surface area contributed by atoms with Crippen molar-refractivity contribution >= 4 is 0 Å². The molecule has 2 nitrogen and oxygen atoms in total. The summed E-state index contributed by atoms with van der Waals surface area (Å²) in [6.07, 6.45) is 9.17. The van der Waals surface area contributed by atoms with Gasteiger partial charge in [-0.3, -0.25) is 0 Å². The lowest BCUT2D eigenvalue weighted by molar-refractivity contribution is 0.225. The minimum Gasteiger partial charge on any atom is -0.492 e. The summed E-state index contributed by atoms with van der Waals surface area (Å²) < 4.78 is 5.97. The number of unbranched alkanes of at least 4 members (excludes halogenated alkanes) is 1. The van der Waals surface area contributed by atoms with Gasteiger partial charge in [0.15, 0.2) is 0 Å². The van der Waals surface area contributed by atoms with Crippen LogP contribution in [0.1, 0.15) is 51.0 Å². The first kappa shape index (κ1) is 15.4. The normalized spacial score (nSPS) is 17.3. The molecule has 112 valence electrons. The average molecular weight is 275 g/mol. The van der Waals surface area contributed by atoms with E-state index in [1.807, 2.05) is 0 Å². The van der Waals surface area contributed by atoms with E-state index in [9.17, 15) is 0 Å². The summed E-state index contributed by atoms with van der Waals surface area (Å²) in [6.45, 7) is 3.02. The van der Waals surface area contributed by atoms with Crippen LogP contribution in [0.25, 0.3) is 0 Å². The Balaban J connectivity index is 1.80. The highest BCUT2D eigenvalue weighted by molar-refractivity contribution is 5.27. The Bertz CT molecular complexity index is 368. The fourth-order valence-electron chi connectivity index (χ4n) is 3.13. The third kappa shape index (κ3) is 4.52. The predicted octanol–water partition coefficient (Wildman–Crippen LogP) is 4.19. The number of hydrogen-bond acceptors (Lipinski definition) is 2. The first-order valence-corrected chi connectivity index (χ1v) is 8.22. The molecule has 0 radical (unpaired) electrons. The Morgan fingerprint density at radius 2 is 1.90 bits per heavy atom. The monoisotopic (exact) mass is 275 g/mol. The Labute approximate surface area is 123 Å². The summed E-state index contributed by atoms with van der Waals surface area (Å²) in [4.78, 5) is 0. The predicted molar refractivity (Wildman–Crippen MR) is 85.4 cm³/mol. The van der Waals surface area contributed by atoms with Crippen molar-refractivity contribution in [2.24, 2.45) is 5.92 Å². The number of nitrogens with one attached hydrogen (secondary N) is 1. The highest BCUT2D eigenvalue weighted by atomic mass is 16.5. The summed E-state index contributed by atoms with van der Waals surface area (Å²) >= 11 is 0. The summed E-state index contributed by atoms with van der Waals surface area (Å²) in [6, 6.07) is 9.14. The lowest BCUT2D eigenvalue weighted by Gasteiger charge is -2.23. The Kier molecular flexibility index (Phi) is 6.38. The van der Waals surface area contributed by atoms with Crippen molar-refractivity contribution in [2.45, 2.75) is 57.9 Å². The highest BCUT2D eigenvalue weighted by Crippen LogP contribution is 2.28. The molecule has 0 spiro atoms. The molecule has 0 bridgehead atoms. The molecule has 0 saturated heterocycles. The van der Waals surface area contributed by atoms with Crippen LogP contribution in [-0.2, 0) is 6.42 Å². The van der Waals surface area contributed by atoms with E-state index in [2.05, 4.69) is 43.6 Å². The summed E-state index contributed by atoms with van der Waals surface area (Å²) in [5, 5.41) is 3.43. The number of aryl methyl sites for hydroxylation is 1. The number of ether oxygens (including phenoxy) is 1. The zero-order valence-corrected chi connectivity index (χ0v) is 13.0. The highest BCUT2D eigenvalue weighted by Gasteiger charge is 2.24. The van der Waals surface area contributed by atoms with Crippen LogP contribution >= 0.6 is 0 Å². The molecule has 2 rings (SSSR count). The molecule has 0 heterocycles. The topological polar surface area (TPSA) is 21.3 Å². The largest absolute Gasteiger partial charge is 0.492 e. The third-order valence-corrected chi connectivity index (χ3v) is 4.51. The van der Waals surface area contributed by atoms with Crippen molar-refractivity contribution in [3.8, 4) is 5.75 Å². The smallest absolute Gasteiger partial charge is 0.119 e. The number of rotatable bonds is 8. The molecule has 1 atom stereocenters. The molecular weight excluding hydrogens is 246 g/mol. The SMILES string of the molecule is CCCCc1ccc(OCC(NC)C2CCCC2)cc1. The zero-order chi connectivity index (χ0) is 14.2. The van der Waals surface area contributed by atoms with Crippen LogP contribution in [0.3, 0.4) is 0 Å². The first-order valence-electron chi connectivity index (χ1n) is 8.22. The Morgan fingerprint density at radius 1 is 1.20 bits per heavy atom. The molecular formula is C18H29NO. The maximum absolute atomic E-state index is 5.97. The van der Waals surface area contributed by atoms with Crippen molar-refractivity contribution in [1.29, 1.82) is 0 Å². The maximum Gasteiger partial charge on any atom is 0.119 e. The molecule has 1 aliphatic rings. The zero-order valence-electron chi connectivity index (χ0n) is 13.0. The van der Waals surface area contributed by atoms with E-state index >= 15 is 0 Å². The third-order valence-electron chi connectivity index (χ3n) is 4.51. The van der Waals surface area contributed by atoms with Gasteiger partial charge in [-0.05, 0) is 56.3 Å². The molecule has 0 amide bonds. The quantitative estimate of drug-likeness (QED) is 0.768. The van der Waals surface area contributed by atoms with E-state index in [0.29, 0.717) is 6.04 Å². The second kappa shape index (κ2) is 8.31. The van der Waals surface area contributed by atoms with Crippen molar-refractivity contribution in [3.05, 3.63) is 29.8 Å². The van der Waals surface area contributed by atoms with Crippen LogP contribution in [0, 0.1) is 5.92 Å². The molecule has 2 heteroatoms. The van der Waals surface area contributed by atoms with Gasteiger partial charge in [0.05, 0.1) is 0 Å². The van der Waals surface area contributed by atoms with E-state index in [4.69, 9.17) is 4.74 Å². The molecule has 1 saturated carbocycles. The first-order chi connectivity index (χ1) is 9.83. The minimum atomic E-state index is 0.497. The molecule has 20 heavy (non-hydrogen) atoms. The maximum atomic E-state index is 5.97. The fourth-order valence-corrected chi connectivity index (χ4v) is 3.13. The van der Waals surface area contributed by atoms with E-state index in [1.54, 1.807) is 0 Å². The van der Waals surface area contributed by atoms with Gasteiger partial charge < -0.3 is 10.1 Å². The molecule has 1 aromatic rings. The van der Waals surface area contributed by atoms with Crippen LogP contribution < -0.4 is 10.1 Å². The van der Waals surface area contributed by atoms with Gasteiger partial charge in [-0.1, -0.05) is 38.3 Å². The lowest BCUT2D eigenvalue weighted by atomic mass is 9.99. The van der Waals surface area contributed by atoms with Gasteiger partial charge in [0, 0.05) is 6.04 Å². The van der Waals surface area contributed by atoms with Gasteiger partial charge in [0.25, 0.3) is 0 Å². The standard InChI is InChI=1S/C18H29NO/c1-3-4-7-15-10-12-17(13-11-15)20-14-18(19-2)16-8-5-6-9-16/h10-13,16,18-19H,3-9,14H2,1-2H3. The molecule has 1 aromatic carbocycles. The van der Waals surface area contributed by atoms with Crippen molar-refractivity contribution < 1.29 is 4.74 Å². The molecule has 0 aromatic heterocycles. The van der Waals surface area contributed by atoms with Crippen LogP contribution in [0.4, 0.5) is 0 Å². The number of hydrogen-bond donors (Lipinski definition) is 1. The fraction of sp³-hybridized carbons (Fsp3) is 0.667. The minimum absolute atomic E-state index is 0.497. The second-order valence-electron chi connectivity index (χ2n) is 6.00.